The Morgan fingerprint density at radius 1 is 1.78 bits per heavy atom. The molecular formula is C5H10N2OS. The second-order valence-corrected chi connectivity index (χ2v) is 3.12. The number of hydrogen-bond donors (Lipinski definition) is 2. The highest BCUT2D eigenvalue weighted by Gasteiger charge is 2.14. The van der Waals surface area contributed by atoms with E-state index in [1.54, 1.807) is 11.8 Å². The molecular weight excluding hydrogens is 136 g/mol. The highest BCUT2D eigenvalue weighted by molar-refractivity contribution is 7.99. The topological polar surface area (TPSA) is 55.1 Å². The Hall–Kier alpha value is -0.220. The summed E-state index contributed by atoms with van der Waals surface area (Å²) in [5, 5.41) is 2.71. The molecule has 1 amide bonds. The van der Waals surface area contributed by atoms with E-state index in [4.69, 9.17) is 5.73 Å². The lowest BCUT2D eigenvalue weighted by Crippen LogP contribution is -2.40. The van der Waals surface area contributed by atoms with Gasteiger partial charge in [0.05, 0.1) is 6.04 Å². The number of hydrogen-bond acceptors (Lipinski definition) is 3. The van der Waals surface area contributed by atoms with E-state index in [9.17, 15) is 4.79 Å². The Morgan fingerprint density at radius 3 is 3.33 bits per heavy atom. The zero-order chi connectivity index (χ0) is 6.69. The van der Waals surface area contributed by atoms with Crippen LogP contribution < -0.4 is 11.1 Å². The molecule has 1 aliphatic heterocycles. The average molecular weight is 146 g/mol. The van der Waals surface area contributed by atoms with Crippen molar-refractivity contribution in [3.05, 3.63) is 0 Å². The van der Waals surface area contributed by atoms with E-state index in [0.717, 1.165) is 18.1 Å². The highest BCUT2D eigenvalue weighted by atomic mass is 32.2. The van der Waals surface area contributed by atoms with E-state index in [1.807, 2.05) is 0 Å². The molecule has 1 saturated heterocycles. The number of carbonyl (C=O) groups is 1. The van der Waals surface area contributed by atoms with Gasteiger partial charge in [0.2, 0.25) is 5.91 Å². The molecule has 1 rings (SSSR count). The lowest BCUT2D eigenvalue weighted by Gasteiger charge is -2.03. The summed E-state index contributed by atoms with van der Waals surface area (Å²) in [6.07, 6.45) is 0. The van der Waals surface area contributed by atoms with Gasteiger partial charge in [0.1, 0.15) is 0 Å². The fourth-order valence-corrected chi connectivity index (χ4v) is 1.48. The van der Waals surface area contributed by atoms with Gasteiger partial charge < -0.3 is 11.1 Å². The van der Waals surface area contributed by atoms with Crippen molar-refractivity contribution in [2.75, 3.05) is 18.1 Å². The van der Waals surface area contributed by atoms with E-state index in [0.29, 0.717) is 0 Å². The smallest absolute Gasteiger partial charge is 0.237 e. The van der Waals surface area contributed by atoms with Crippen molar-refractivity contribution in [1.29, 1.82) is 0 Å². The largest absolute Gasteiger partial charge is 0.354 e. The Kier molecular flexibility index (Phi) is 2.36. The third-order valence-corrected chi connectivity index (χ3v) is 2.27. The third-order valence-electron chi connectivity index (χ3n) is 1.18. The Labute approximate surface area is 58.4 Å². The van der Waals surface area contributed by atoms with Crippen molar-refractivity contribution in [3.8, 4) is 0 Å². The molecule has 0 radical (unpaired) electrons. The van der Waals surface area contributed by atoms with Crippen molar-refractivity contribution < 1.29 is 4.79 Å². The van der Waals surface area contributed by atoms with Gasteiger partial charge in [-0.15, -0.1) is 0 Å². The van der Waals surface area contributed by atoms with Gasteiger partial charge in [0, 0.05) is 18.1 Å². The third kappa shape index (κ3) is 1.87. The van der Waals surface area contributed by atoms with Crippen LogP contribution in [0.2, 0.25) is 0 Å². The first-order valence-corrected chi connectivity index (χ1v) is 4.07. The normalized spacial score (nSPS) is 29.0. The quantitative estimate of drug-likeness (QED) is 0.469. The van der Waals surface area contributed by atoms with Crippen LogP contribution >= 0.6 is 11.8 Å². The van der Waals surface area contributed by atoms with Crippen LogP contribution in [0.3, 0.4) is 0 Å². The predicted molar refractivity (Wildman–Crippen MR) is 38.3 cm³/mol. The van der Waals surface area contributed by atoms with Gasteiger partial charge in [-0.1, -0.05) is 0 Å². The lowest BCUT2D eigenvalue weighted by molar-refractivity contribution is -0.121. The van der Waals surface area contributed by atoms with Gasteiger partial charge in [-0.3, -0.25) is 4.79 Å². The van der Waals surface area contributed by atoms with E-state index in [-0.39, 0.29) is 11.9 Å². The molecule has 3 nitrogen and oxygen atoms in total. The summed E-state index contributed by atoms with van der Waals surface area (Å²) in [7, 11) is 0. The minimum Gasteiger partial charge on any atom is -0.354 e. The molecule has 52 valence electrons. The van der Waals surface area contributed by atoms with E-state index < -0.39 is 0 Å². The molecule has 1 fully saturated rings. The number of nitrogens with one attached hydrogen (secondary N) is 1. The van der Waals surface area contributed by atoms with Crippen LogP contribution in [-0.2, 0) is 4.79 Å². The van der Waals surface area contributed by atoms with Crippen molar-refractivity contribution >= 4 is 17.7 Å². The van der Waals surface area contributed by atoms with Gasteiger partial charge in [0.15, 0.2) is 0 Å². The molecule has 0 aromatic rings. The molecule has 4 heteroatoms. The maximum atomic E-state index is 10.8. The van der Waals surface area contributed by atoms with Crippen LogP contribution in [0.25, 0.3) is 0 Å². The highest BCUT2D eigenvalue weighted by Crippen LogP contribution is 2.03. The fraction of sp³-hybridized carbons (Fsp3) is 0.800. The first kappa shape index (κ1) is 6.89. The SMILES string of the molecule is N[C@H]1CSCCNC1=O. The molecule has 0 bridgehead atoms. The molecule has 3 N–H and O–H groups in total. The molecule has 0 saturated carbocycles. The Bertz CT molecular complexity index is 118. The maximum absolute atomic E-state index is 10.8. The summed E-state index contributed by atoms with van der Waals surface area (Å²) in [5.74, 6) is 1.73. The monoisotopic (exact) mass is 146 g/mol. The number of thioether (sulfide) groups is 1. The Morgan fingerprint density at radius 2 is 2.56 bits per heavy atom. The zero-order valence-electron chi connectivity index (χ0n) is 5.09. The number of amides is 1. The maximum Gasteiger partial charge on any atom is 0.237 e. The summed E-state index contributed by atoms with van der Waals surface area (Å²) in [6.45, 7) is 0.761. The summed E-state index contributed by atoms with van der Waals surface area (Å²) in [4.78, 5) is 10.8. The lowest BCUT2D eigenvalue weighted by atomic mass is 10.3. The predicted octanol–water partition coefficient (Wildman–Crippen LogP) is -0.823. The van der Waals surface area contributed by atoms with Crippen LogP contribution in [0.5, 0.6) is 0 Å². The molecule has 1 aliphatic rings. The first-order chi connectivity index (χ1) is 4.30. The van der Waals surface area contributed by atoms with Gasteiger partial charge in [0.25, 0.3) is 0 Å². The molecule has 0 aromatic heterocycles. The molecule has 0 spiro atoms. The number of rotatable bonds is 0. The summed E-state index contributed by atoms with van der Waals surface area (Å²) < 4.78 is 0. The van der Waals surface area contributed by atoms with Crippen molar-refractivity contribution in [2.24, 2.45) is 5.73 Å². The van der Waals surface area contributed by atoms with Crippen molar-refractivity contribution in [1.82, 2.24) is 5.32 Å². The second-order valence-electron chi connectivity index (χ2n) is 1.97. The van der Waals surface area contributed by atoms with Gasteiger partial charge >= 0.3 is 0 Å². The van der Waals surface area contributed by atoms with E-state index in [1.165, 1.54) is 0 Å². The minimum absolute atomic E-state index is 0.0139. The molecule has 9 heavy (non-hydrogen) atoms. The minimum atomic E-state index is -0.294. The van der Waals surface area contributed by atoms with Gasteiger partial charge in [-0.05, 0) is 0 Å². The second kappa shape index (κ2) is 3.08. The fourth-order valence-electron chi connectivity index (χ4n) is 0.663. The van der Waals surface area contributed by atoms with Gasteiger partial charge in [-0.2, -0.15) is 11.8 Å². The summed E-state index contributed by atoms with van der Waals surface area (Å²) in [6, 6.07) is -0.294. The van der Waals surface area contributed by atoms with E-state index >= 15 is 0 Å². The zero-order valence-corrected chi connectivity index (χ0v) is 5.91. The van der Waals surface area contributed by atoms with Crippen molar-refractivity contribution in [3.63, 3.8) is 0 Å². The number of nitrogens with two attached hydrogens (primary N) is 1. The molecule has 1 heterocycles. The number of carbonyl (C=O) groups excluding carboxylic acids is 1. The van der Waals surface area contributed by atoms with Gasteiger partial charge in [-0.25, -0.2) is 0 Å². The summed E-state index contributed by atoms with van der Waals surface area (Å²) >= 11 is 1.72. The molecule has 0 aliphatic carbocycles. The molecule has 0 unspecified atom stereocenters. The average Bonchev–Trinajstić information content (AvgIpc) is 1.99. The van der Waals surface area contributed by atoms with Crippen LogP contribution in [0.1, 0.15) is 0 Å². The van der Waals surface area contributed by atoms with Crippen molar-refractivity contribution in [2.45, 2.75) is 6.04 Å². The molecule has 0 aromatic carbocycles. The van der Waals surface area contributed by atoms with Crippen LogP contribution in [0.15, 0.2) is 0 Å². The summed E-state index contributed by atoms with van der Waals surface area (Å²) in [5.41, 5.74) is 5.45. The standard InChI is InChI=1S/C5H10N2OS/c6-4-3-9-2-1-7-5(4)8/h4H,1-3,6H2,(H,7,8)/t4-/m0/s1. The molecule has 1 atom stereocenters. The van der Waals surface area contributed by atoms with Crippen LogP contribution in [0, 0.1) is 0 Å². The van der Waals surface area contributed by atoms with Crippen LogP contribution in [-0.4, -0.2) is 30.0 Å². The first-order valence-electron chi connectivity index (χ1n) is 2.92. The van der Waals surface area contributed by atoms with E-state index in [2.05, 4.69) is 5.32 Å². The Balaban J connectivity index is 2.41. The van der Waals surface area contributed by atoms with Crippen LogP contribution in [0.4, 0.5) is 0 Å².